The average molecular weight is 481 g/mol. The van der Waals surface area contributed by atoms with E-state index in [0.29, 0.717) is 24.5 Å². The van der Waals surface area contributed by atoms with Gasteiger partial charge in [0.15, 0.2) is 0 Å². The number of hydrogen-bond donors (Lipinski definition) is 1. The summed E-state index contributed by atoms with van der Waals surface area (Å²) < 4.78 is 1.56. The molecule has 0 spiro atoms. The van der Waals surface area contributed by atoms with Crippen molar-refractivity contribution < 1.29 is 4.79 Å². The Morgan fingerprint density at radius 3 is 2.79 bits per heavy atom. The molecule has 2 fully saturated rings. The summed E-state index contributed by atoms with van der Waals surface area (Å²) in [5, 5.41) is 13.0. The molecule has 1 amide bonds. The van der Waals surface area contributed by atoms with Crippen molar-refractivity contribution in [3.8, 4) is 6.07 Å². The van der Waals surface area contributed by atoms with Crippen LogP contribution in [-0.4, -0.2) is 34.5 Å². The van der Waals surface area contributed by atoms with Gasteiger partial charge in [-0.05, 0) is 79.8 Å². The predicted molar refractivity (Wildman–Crippen MR) is 134 cm³/mol. The summed E-state index contributed by atoms with van der Waals surface area (Å²) in [5.41, 5.74) is 4.05. The normalized spacial score (nSPS) is 20.1. The SMILES string of the molecule is Cc1cc(CCCC#N)cc(CN(C(=O)C2CNCC[C@@H]2c2ccn(C)c(=O)c2)C2CC2)c1Cl. The maximum absolute atomic E-state index is 13.9. The standard InChI is InChI=1S/C27H33ClN4O2/c1-18-13-19(5-3-4-10-29)14-21(26(18)28)17-32(22-6-7-22)27(34)24-16-30-11-8-23(24)20-9-12-31(2)25(33)15-20/h9,12-15,22-24,30H,3-8,11,16-17H2,1-2H3/t23-,24?/m1/s1. The number of rotatable bonds is 8. The zero-order valence-corrected chi connectivity index (χ0v) is 20.8. The number of amides is 1. The lowest BCUT2D eigenvalue weighted by atomic mass is 9.80. The Kier molecular flexibility index (Phi) is 7.75. The highest BCUT2D eigenvalue weighted by Crippen LogP contribution is 2.37. The summed E-state index contributed by atoms with van der Waals surface area (Å²) in [4.78, 5) is 28.2. The van der Waals surface area contributed by atoms with Gasteiger partial charge >= 0.3 is 0 Å². The van der Waals surface area contributed by atoms with Gasteiger partial charge in [0, 0.05) is 49.9 Å². The van der Waals surface area contributed by atoms with Crippen LogP contribution in [0.4, 0.5) is 0 Å². The largest absolute Gasteiger partial charge is 0.335 e. The van der Waals surface area contributed by atoms with E-state index in [2.05, 4.69) is 23.5 Å². The fraction of sp³-hybridized carbons (Fsp3) is 0.519. The van der Waals surface area contributed by atoms with Gasteiger partial charge < -0.3 is 14.8 Å². The van der Waals surface area contributed by atoms with Gasteiger partial charge in [-0.3, -0.25) is 9.59 Å². The maximum atomic E-state index is 13.9. The van der Waals surface area contributed by atoms with Crippen molar-refractivity contribution in [1.82, 2.24) is 14.8 Å². The minimum absolute atomic E-state index is 0.0263. The summed E-state index contributed by atoms with van der Waals surface area (Å²) in [5.74, 6) is -0.0393. The third-order valence-corrected chi connectivity index (χ3v) is 7.65. The van der Waals surface area contributed by atoms with E-state index in [9.17, 15) is 9.59 Å². The molecule has 0 bridgehead atoms. The van der Waals surface area contributed by atoms with Gasteiger partial charge in [0.1, 0.15) is 0 Å². The molecule has 7 heteroatoms. The van der Waals surface area contributed by atoms with E-state index in [1.54, 1.807) is 23.9 Å². The summed E-state index contributed by atoms with van der Waals surface area (Å²) >= 11 is 6.70. The van der Waals surface area contributed by atoms with Crippen LogP contribution in [0.15, 0.2) is 35.3 Å². The zero-order chi connectivity index (χ0) is 24.2. The lowest BCUT2D eigenvalue weighted by Gasteiger charge is -2.36. The number of nitrogens with one attached hydrogen (secondary N) is 1. The molecule has 2 aliphatic rings. The highest BCUT2D eigenvalue weighted by atomic mass is 35.5. The number of piperidine rings is 1. The van der Waals surface area contributed by atoms with Gasteiger partial charge in [0.2, 0.25) is 5.91 Å². The second-order valence-corrected chi connectivity index (χ2v) is 10.1. The van der Waals surface area contributed by atoms with Crippen LogP contribution < -0.4 is 10.9 Å². The molecule has 1 aromatic heterocycles. The topological polar surface area (TPSA) is 78.1 Å². The number of unbranched alkanes of at least 4 members (excludes halogenated alkanes) is 1. The molecule has 1 aromatic carbocycles. The molecule has 1 unspecified atom stereocenters. The summed E-state index contributed by atoms with van der Waals surface area (Å²) in [6.45, 7) is 3.95. The van der Waals surface area contributed by atoms with E-state index >= 15 is 0 Å². The van der Waals surface area contributed by atoms with E-state index in [0.717, 1.165) is 60.9 Å². The Labute approximate surface area is 206 Å². The third kappa shape index (κ3) is 5.54. The Morgan fingerprint density at radius 1 is 1.29 bits per heavy atom. The van der Waals surface area contributed by atoms with Crippen LogP contribution >= 0.6 is 11.6 Å². The van der Waals surface area contributed by atoms with Gasteiger partial charge in [0.05, 0.1) is 12.0 Å². The van der Waals surface area contributed by atoms with E-state index < -0.39 is 0 Å². The van der Waals surface area contributed by atoms with Crippen LogP contribution in [0.5, 0.6) is 0 Å². The van der Waals surface area contributed by atoms with Crippen molar-refractivity contribution in [1.29, 1.82) is 5.26 Å². The molecule has 1 aliphatic carbocycles. The van der Waals surface area contributed by atoms with Crippen LogP contribution in [0.2, 0.25) is 5.02 Å². The number of carbonyl (C=O) groups excluding carboxylic acids is 1. The molecule has 2 aromatic rings. The minimum atomic E-state index is -0.208. The van der Waals surface area contributed by atoms with Crippen LogP contribution in [0, 0.1) is 24.2 Å². The zero-order valence-electron chi connectivity index (χ0n) is 20.0. The van der Waals surface area contributed by atoms with Crippen molar-refractivity contribution in [2.24, 2.45) is 13.0 Å². The number of aryl methyl sites for hydroxylation is 3. The smallest absolute Gasteiger partial charge is 0.250 e. The molecule has 1 saturated carbocycles. The number of aromatic nitrogens is 1. The number of halogens is 1. The van der Waals surface area contributed by atoms with E-state index in [-0.39, 0.29) is 29.3 Å². The van der Waals surface area contributed by atoms with Crippen molar-refractivity contribution in [3.63, 3.8) is 0 Å². The molecule has 34 heavy (non-hydrogen) atoms. The first-order valence-electron chi connectivity index (χ1n) is 12.2. The fourth-order valence-corrected chi connectivity index (χ4v) is 5.20. The second kappa shape index (κ2) is 10.8. The molecule has 180 valence electrons. The van der Waals surface area contributed by atoms with Gasteiger partial charge in [-0.1, -0.05) is 23.7 Å². The first-order valence-corrected chi connectivity index (χ1v) is 12.6. The third-order valence-electron chi connectivity index (χ3n) is 7.11. The number of carbonyl (C=O) groups is 1. The first-order chi connectivity index (χ1) is 16.4. The number of nitrogens with zero attached hydrogens (tertiary/aromatic N) is 3. The second-order valence-electron chi connectivity index (χ2n) is 9.71. The molecule has 0 radical (unpaired) electrons. The predicted octanol–water partition coefficient (Wildman–Crippen LogP) is 4.08. The van der Waals surface area contributed by atoms with Crippen LogP contribution in [-0.2, 0) is 24.8 Å². The van der Waals surface area contributed by atoms with E-state index in [1.165, 1.54) is 0 Å². The molecule has 6 nitrogen and oxygen atoms in total. The Bertz CT molecular complexity index is 1150. The van der Waals surface area contributed by atoms with Crippen LogP contribution in [0.3, 0.4) is 0 Å². The van der Waals surface area contributed by atoms with Gasteiger partial charge in [-0.2, -0.15) is 5.26 Å². The monoisotopic (exact) mass is 480 g/mol. The highest BCUT2D eigenvalue weighted by molar-refractivity contribution is 6.32. The van der Waals surface area contributed by atoms with Gasteiger partial charge in [0.25, 0.3) is 5.56 Å². The van der Waals surface area contributed by atoms with Crippen molar-refractivity contribution in [2.75, 3.05) is 13.1 Å². The number of pyridine rings is 1. The Balaban J connectivity index is 1.58. The van der Waals surface area contributed by atoms with Crippen molar-refractivity contribution in [2.45, 2.75) is 64.0 Å². The Hall–Kier alpha value is -2.62. The molecular formula is C27H33ClN4O2. The highest BCUT2D eigenvalue weighted by Gasteiger charge is 2.40. The Morgan fingerprint density at radius 2 is 2.09 bits per heavy atom. The van der Waals surface area contributed by atoms with E-state index in [1.807, 2.05) is 17.9 Å². The molecule has 1 N–H and O–H groups in total. The van der Waals surface area contributed by atoms with Crippen LogP contribution in [0.25, 0.3) is 0 Å². The number of benzene rings is 1. The maximum Gasteiger partial charge on any atom is 0.250 e. The fourth-order valence-electron chi connectivity index (χ4n) is 5.04. The summed E-state index contributed by atoms with van der Waals surface area (Å²) in [6.07, 6.45) is 6.82. The molecule has 4 rings (SSSR count). The minimum Gasteiger partial charge on any atom is -0.335 e. The first kappa shape index (κ1) is 24.5. The quantitative estimate of drug-likeness (QED) is 0.577. The van der Waals surface area contributed by atoms with Crippen molar-refractivity contribution in [3.05, 3.63) is 68.1 Å². The van der Waals surface area contributed by atoms with Crippen molar-refractivity contribution >= 4 is 17.5 Å². The van der Waals surface area contributed by atoms with Crippen LogP contribution in [0.1, 0.15) is 60.3 Å². The molecule has 2 atom stereocenters. The lowest BCUT2D eigenvalue weighted by Crippen LogP contribution is -2.47. The summed E-state index contributed by atoms with van der Waals surface area (Å²) in [6, 6.07) is 10.3. The molecular weight excluding hydrogens is 448 g/mol. The van der Waals surface area contributed by atoms with Gasteiger partial charge in [-0.25, -0.2) is 0 Å². The lowest BCUT2D eigenvalue weighted by molar-refractivity contribution is -0.138. The number of nitriles is 1. The molecule has 1 saturated heterocycles. The van der Waals surface area contributed by atoms with Gasteiger partial charge in [-0.15, -0.1) is 0 Å². The average Bonchev–Trinajstić information content (AvgIpc) is 3.67. The molecule has 1 aliphatic heterocycles. The number of hydrogen-bond acceptors (Lipinski definition) is 4. The molecule has 2 heterocycles. The summed E-state index contributed by atoms with van der Waals surface area (Å²) in [7, 11) is 1.74. The van der Waals surface area contributed by atoms with E-state index in [4.69, 9.17) is 16.9 Å².